The van der Waals surface area contributed by atoms with Crippen LogP contribution in [0.25, 0.3) is 0 Å². The number of aliphatic imine (C=N–C) groups is 1. The van der Waals surface area contributed by atoms with Crippen LogP contribution in [0.3, 0.4) is 0 Å². The van der Waals surface area contributed by atoms with Gasteiger partial charge in [0.2, 0.25) is 0 Å². The van der Waals surface area contributed by atoms with Crippen molar-refractivity contribution in [1.82, 2.24) is 10.2 Å². The number of anilines is 2. The van der Waals surface area contributed by atoms with Gasteiger partial charge in [-0.1, -0.05) is 24.1 Å². The smallest absolute Gasteiger partial charge is 0.255 e. The average Bonchev–Trinajstić information content (AvgIpc) is 3.67. The van der Waals surface area contributed by atoms with E-state index in [1.54, 1.807) is 21.2 Å². The van der Waals surface area contributed by atoms with Crippen LogP contribution < -0.4 is 33.4 Å². The van der Waals surface area contributed by atoms with Gasteiger partial charge >= 0.3 is 0 Å². The van der Waals surface area contributed by atoms with E-state index in [1.165, 1.54) is 11.1 Å². The van der Waals surface area contributed by atoms with Crippen LogP contribution in [0.15, 0.2) is 35.0 Å². The highest BCUT2D eigenvalue weighted by molar-refractivity contribution is 6.32. The van der Waals surface area contributed by atoms with E-state index >= 15 is 0 Å². The van der Waals surface area contributed by atoms with Crippen molar-refractivity contribution in [1.29, 1.82) is 0 Å². The molecular weight excluding hydrogens is 520 g/mol. The minimum absolute atomic E-state index is 0.0123. The van der Waals surface area contributed by atoms with Crippen molar-refractivity contribution in [3.8, 4) is 11.8 Å². The number of nitrogens with two attached hydrogens (primary N) is 4. The van der Waals surface area contributed by atoms with E-state index < -0.39 is 5.91 Å². The Labute approximate surface area is 235 Å². The van der Waals surface area contributed by atoms with Crippen LogP contribution in [-0.2, 0) is 14.3 Å². The molecule has 1 aromatic rings. The monoisotopic (exact) mass is 558 g/mol. The Morgan fingerprint density at radius 1 is 1.41 bits per heavy atom. The summed E-state index contributed by atoms with van der Waals surface area (Å²) in [5.74, 6) is 11.7. The second-order valence-electron chi connectivity index (χ2n) is 9.44. The minimum Gasteiger partial charge on any atom is -0.396 e. The summed E-state index contributed by atoms with van der Waals surface area (Å²) in [5.41, 5.74) is 20.7. The molecule has 9 N–H and O–H groups in total. The SMILES string of the molecule is C=CC=O.CN=C(N[C@H]1CC(COC)N(C)C1)/C(C(N)=O)=C(\N)C#Cc1c(Cl)cc(C2CC2)c(N(C)N)c1N. The summed E-state index contributed by atoms with van der Waals surface area (Å²) in [5, 5.41) is 5.16. The molecule has 3 rings (SSSR count). The van der Waals surface area contributed by atoms with Crippen molar-refractivity contribution in [3.63, 3.8) is 0 Å². The van der Waals surface area contributed by atoms with Crippen LogP contribution in [0.5, 0.6) is 0 Å². The van der Waals surface area contributed by atoms with Gasteiger partial charge in [0.05, 0.1) is 34.3 Å². The normalized spacial score (nSPS) is 19.6. The lowest BCUT2D eigenvalue weighted by atomic mass is 10.0. The Morgan fingerprint density at radius 3 is 2.54 bits per heavy atom. The molecule has 1 amide bonds. The van der Waals surface area contributed by atoms with Gasteiger partial charge in [0.15, 0.2) is 0 Å². The van der Waals surface area contributed by atoms with Crippen LogP contribution >= 0.6 is 11.6 Å². The fourth-order valence-corrected chi connectivity index (χ4v) is 4.76. The first-order valence-corrected chi connectivity index (χ1v) is 12.8. The van der Waals surface area contributed by atoms with Gasteiger partial charge in [-0.25, -0.2) is 5.84 Å². The molecule has 1 saturated heterocycles. The number of likely N-dealkylation sites (tertiary alicyclic amines) is 1. The molecule has 2 aliphatic rings. The van der Waals surface area contributed by atoms with Gasteiger partial charge in [-0.15, -0.1) is 0 Å². The number of likely N-dealkylation sites (N-methyl/N-ethyl adjacent to an activating group) is 1. The number of amides is 1. The predicted octanol–water partition coefficient (Wildman–Crippen LogP) is 0.867. The number of nitrogen functional groups attached to an aromatic ring is 1. The summed E-state index contributed by atoms with van der Waals surface area (Å²) in [7, 11) is 6.98. The fraction of sp³-hybridized carbons (Fsp3) is 0.444. The first kappa shape index (κ1) is 31.7. The lowest BCUT2D eigenvalue weighted by Crippen LogP contribution is -2.41. The molecule has 1 aromatic carbocycles. The summed E-state index contributed by atoms with van der Waals surface area (Å²) >= 11 is 6.52. The van der Waals surface area contributed by atoms with Crippen LogP contribution in [-0.4, -0.2) is 76.4 Å². The van der Waals surface area contributed by atoms with E-state index in [0.717, 1.165) is 31.4 Å². The zero-order valence-electron chi connectivity index (χ0n) is 23.0. The molecule has 1 saturated carbocycles. The minimum atomic E-state index is -0.741. The molecule has 1 unspecified atom stereocenters. The van der Waals surface area contributed by atoms with Crippen molar-refractivity contribution in [2.24, 2.45) is 22.3 Å². The molecule has 39 heavy (non-hydrogen) atoms. The van der Waals surface area contributed by atoms with E-state index in [-0.39, 0.29) is 29.2 Å². The first-order valence-electron chi connectivity index (χ1n) is 12.4. The number of hydrogen-bond acceptors (Lipinski definition) is 9. The Morgan fingerprint density at radius 2 is 2.05 bits per heavy atom. The average molecular weight is 559 g/mol. The molecule has 0 bridgehead atoms. The molecule has 0 spiro atoms. The van der Waals surface area contributed by atoms with E-state index in [0.29, 0.717) is 40.8 Å². The maximum atomic E-state index is 12.4. The third-order valence-electron chi connectivity index (χ3n) is 6.47. The van der Waals surface area contributed by atoms with Crippen molar-refractivity contribution in [2.75, 3.05) is 52.1 Å². The number of amidine groups is 1. The quantitative estimate of drug-likeness (QED) is 0.0452. The van der Waals surface area contributed by atoms with E-state index in [1.807, 2.05) is 13.1 Å². The highest BCUT2D eigenvalue weighted by Crippen LogP contribution is 2.48. The molecular formula is C27H39ClN8O3. The molecule has 1 aliphatic carbocycles. The Balaban J connectivity index is 0.00000124. The molecule has 0 aromatic heterocycles. The standard InChI is InChI=1S/C24H35ClN8O2.C3H4O/c1-30-24(31-14-9-15(12-35-4)32(2)11-14)20(23(28)34)19(26)8-7-16-18(25)10-17(13-5-6-13)22(21(16)27)33(3)29;1-2-3-4/h10,13-15H,5-6,9,11-12,26-27,29H2,1-4H3,(H2,28,34)(H,30,31);2-3H,1H2/b20-19-;/t14-,15?;/m0./s1. The maximum Gasteiger partial charge on any atom is 0.255 e. The van der Waals surface area contributed by atoms with Crippen molar-refractivity contribution < 1.29 is 14.3 Å². The van der Waals surface area contributed by atoms with E-state index in [4.69, 9.17) is 44.2 Å². The number of allylic oxidation sites excluding steroid dienone is 2. The van der Waals surface area contributed by atoms with Crippen LogP contribution in [0, 0.1) is 11.8 Å². The van der Waals surface area contributed by atoms with E-state index in [2.05, 4.69) is 33.6 Å². The third-order valence-corrected chi connectivity index (χ3v) is 6.77. The number of hydrogen-bond donors (Lipinski definition) is 5. The van der Waals surface area contributed by atoms with Crippen molar-refractivity contribution >= 4 is 41.0 Å². The van der Waals surface area contributed by atoms with Gasteiger partial charge < -0.3 is 32.3 Å². The number of nitrogens with zero attached hydrogens (tertiary/aromatic N) is 3. The summed E-state index contributed by atoms with van der Waals surface area (Å²) in [4.78, 5) is 27.8. The summed E-state index contributed by atoms with van der Waals surface area (Å²) in [6.45, 7) is 4.47. The number of hydrazine groups is 1. The molecule has 11 nitrogen and oxygen atoms in total. The Bertz CT molecular complexity index is 1190. The van der Waals surface area contributed by atoms with Gasteiger partial charge in [-0.3, -0.25) is 19.5 Å². The number of primary amides is 1. The third kappa shape index (κ3) is 8.21. The van der Waals surface area contributed by atoms with Crippen molar-refractivity contribution in [3.05, 3.63) is 46.1 Å². The zero-order valence-corrected chi connectivity index (χ0v) is 23.7. The van der Waals surface area contributed by atoms with Gasteiger partial charge in [-0.2, -0.15) is 0 Å². The highest BCUT2D eigenvalue weighted by Gasteiger charge is 2.32. The van der Waals surface area contributed by atoms with Crippen LogP contribution in [0.1, 0.15) is 36.3 Å². The lowest BCUT2D eigenvalue weighted by molar-refractivity contribution is -0.114. The van der Waals surface area contributed by atoms with Gasteiger partial charge in [-0.05, 0) is 55.9 Å². The lowest BCUT2D eigenvalue weighted by Gasteiger charge is -2.21. The number of aldehydes is 1. The van der Waals surface area contributed by atoms with Gasteiger partial charge in [0, 0.05) is 39.8 Å². The number of carbonyl (C=O) groups excluding carboxylic acids is 2. The Hall–Kier alpha value is -3.56. The molecule has 1 aliphatic heterocycles. The number of methoxy groups -OCH3 is 1. The van der Waals surface area contributed by atoms with Gasteiger partial charge in [0.25, 0.3) is 5.91 Å². The van der Waals surface area contributed by atoms with Crippen molar-refractivity contribution in [2.45, 2.75) is 37.3 Å². The number of rotatable bonds is 8. The topological polar surface area (TPSA) is 178 Å². The summed E-state index contributed by atoms with van der Waals surface area (Å²) < 4.78 is 5.29. The second kappa shape index (κ2) is 14.6. The molecule has 12 heteroatoms. The van der Waals surface area contributed by atoms with Gasteiger partial charge in [0.1, 0.15) is 17.7 Å². The number of benzene rings is 1. The number of nitrogens with one attached hydrogen (secondary N) is 1. The second-order valence-corrected chi connectivity index (χ2v) is 9.85. The number of ether oxygens (including phenoxy) is 1. The molecule has 1 heterocycles. The fourth-order valence-electron chi connectivity index (χ4n) is 4.49. The molecule has 2 fully saturated rings. The summed E-state index contributed by atoms with van der Waals surface area (Å²) in [6, 6.07) is 2.14. The van der Waals surface area contributed by atoms with Crippen LogP contribution in [0.4, 0.5) is 11.4 Å². The van der Waals surface area contributed by atoms with Crippen LogP contribution in [0.2, 0.25) is 5.02 Å². The molecule has 0 radical (unpaired) electrons. The maximum absolute atomic E-state index is 12.4. The predicted molar refractivity (Wildman–Crippen MR) is 157 cm³/mol. The molecule has 2 atom stereocenters. The highest BCUT2D eigenvalue weighted by atomic mass is 35.5. The zero-order chi connectivity index (χ0) is 29.3. The number of carbonyl (C=O) groups is 2. The first-order chi connectivity index (χ1) is 18.5. The largest absolute Gasteiger partial charge is 0.396 e. The molecule has 212 valence electrons. The van der Waals surface area contributed by atoms with E-state index in [9.17, 15) is 4.79 Å². The summed E-state index contributed by atoms with van der Waals surface area (Å²) in [6.07, 6.45) is 4.78. The Kier molecular flexibility index (Phi) is 11.8. The number of halogens is 1.